The van der Waals surface area contributed by atoms with E-state index in [4.69, 9.17) is 0 Å². The maximum atomic E-state index is 12.8. The number of H-pyrrole nitrogens is 2. The second kappa shape index (κ2) is 5.62. The van der Waals surface area contributed by atoms with Crippen molar-refractivity contribution in [1.82, 2.24) is 39.5 Å². The maximum absolute atomic E-state index is 12.8. The second-order valence-electron chi connectivity index (χ2n) is 5.48. The van der Waals surface area contributed by atoms with Crippen molar-refractivity contribution in [2.45, 2.75) is 19.2 Å². The van der Waals surface area contributed by atoms with Crippen molar-refractivity contribution in [2.24, 2.45) is 0 Å². The van der Waals surface area contributed by atoms with Gasteiger partial charge in [-0.3, -0.25) is 9.50 Å². The van der Waals surface area contributed by atoms with Crippen LogP contribution in [0.15, 0.2) is 24.8 Å². The predicted octanol–water partition coefficient (Wildman–Crippen LogP) is 1.98. The molecule has 4 heterocycles. The standard InChI is InChI=1S/C14H11F3N8O/c1-6(26)7-2-3-25-10(8-4-18-5-19-8)9(21-13(25)20-7)11-22-12(24-23-11)14(15,16)17/h2-6,26H,1H3,(H,18,19)(H,22,23,24). The summed E-state index contributed by atoms with van der Waals surface area (Å²) in [5, 5.41) is 15.2. The lowest BCUT2D eigenvalue weighted by Crippen LogP contribution is -2.07. The molecule has 26 heavy (non-hydrogen) atoms. The Morgan fingerprint density at radius 2 is 2.04 bits per heavy atom. The normalized spacial score (nSPS) is 13.4. The van der Waals surface area contributed by atoms with Gasteiger partial charge in [0.05, 0.1) is 30.0 Å². The van der Waals surface area contributed by atoms with Crippen molar-refractivity contribution in [2.75, 3.05) is 0 Å². The fourth-order valence-corrected chi connectivity index (χ4v) is 2.48. The molecular formula is C14H11F3N8O. The van der Waals surface area contributed by atoms with Gasteiger partial charge in [0.15, 0.2) is 5.82 Å². The third kappa shape index (κ3) is 2.60. The van der Waals surface area contributed by atoms with Crippen LogP contribution in [0, 0.1) is 0 Å². The Morgan fingerprint density at radius 3 is 2.65 bits per heavy atom. The average molecular weight is 364 g/mol. The minimum Gasteiger partial charge on any atom is -0.387 e. The topological polar surface area (TPSA) is 121 Å². The fraction of sp³-hybridized carbons (Fsp3) is 0.214. The molecule has 0 fully saturated rings. The second-order valence-corrected chi connectivity index (χ2v) is 5.48. The molecule has 0 aliphatic carbocycles. The van der Waals surface area contributed by atoms with Crippen LogP contribution >= 0.6 is 0 Å². The monoisotopic (exact) mass is 364 g/mol. The Hall–Kier alpha value is -3.28. The van der Waals surface area contributed by atoms with E-state index in [9.17, 15) is 18.3 Å². The van der Waals surface area contributed by atoms with Crippen molar-refractivity contribution < 1.29 is 18.3 Å². The Bertz CT molecular complexity index is 1060. The van der Waals surface area contributed by atoms with Gasteiger partial charge in [0.2, 0.25) is 5.78 Å². The summed E-state index contributed by atoms with van der Waals surface area (Å²) in [5.74, 6) is -1.27. The molecule has 0 saturated heterocycles. The van der Waals surface area contributed by atoms with Gasteiger partial charge in [0.1, 0.15) is 11.4 Å². The van der Waals surface area contributed by atoms with E-state index in [0.29, 0.717) is 17.1 Å². The average Bonchev–Trinajstić information content (AvgIpc) is 3.31. The lowest BCUT2D eigenvalue weighted by Gasteiger charge is -2.04. The summed E-state index contributed by atoms with van der Waals surface area (Å²) in [7, 11) is 0. The number of imidazole rings is 2. The Kier molecular flexibility index (Phi) is 3.50. The van der Waals surface area contributed by atoms with Crippen molar-refractivity contribution in [1.29, 1.82) is 0 Å². The van der Waals surface area contributed by atoms with Crippen LogP contribution in [0.1, 0.15) is 24.5 Å². The number of fused-ring (bicyclic) bond motifs is 1. The van der Waals surface area contributed by atoms with Gasteiger partial charge < -0.3 is 10.1 Å². The molecule has 4 rings (SSSR count). The summed E-state index contributed by atoms with van der Waals surface area (Å²) in [6.07, 6.45) is -0.968. The quantitative estimate of drug-likeness (QED) is 0.511. The van der Waals surface area contributed by atoms with E-state index in [1.165, 1.54) is 12.5 Å². The number of aliphatic hydroxyl groups is 1. The predicted molar refractivity (Wildman–Crippen MR) is 81.6 cm³/mol. The minimum atomic E-state index is -4.68. The molecule has 0 spiro atoms. The lowest BCUT2D eigenvalue weighted by atomic mass is 10.2. The summed E-state index contributed by atoms with van der Waals surface area (Å²) in [4.78, 5) is 18.8. The van der Waals surface area contributed by atoms with Crippen molar-refractivity contribution in [3.63, 3.8) is 0 Å². The van der Waals surface area contributed by atoms with Gasteiger partial charge in [0, 0.05) is 6.20 Å². The number of halogens is 3. The zero-order valence-electron chi connectivity index (χ0n) is 13.2. The number of aromatic amines is 2. The Morgan fingerprint density at radius 1 is 1.23 bits per heavy atom. The zero-order chi connectivity index (χ0) is 18.5. The van der Waals surface area contributed by atoms with E-state index in [2.05, 4.69) is 35.1 Å². The van der Waals surface area contributed by atoms with Gasteiger partial charge in [-0.1, -0.05) is 0 Å². The summed E-state index contributed by atoms with van der Waals surface area (Å²) >= 11 is 0. The van der Waals surface area contributed by atoms with Crippen LogP contribution in [0.25, 0.3) is 28.7 Å². The van der Waals surface area contributed by atoms with Gasteiger partial charge in [-0.05, 0) is 13.0 Å². The van der Waals surface area contributed by atoms with E-state index < -0.39 is 18.1 Å². The van der Waals surface area contributed by atoms with Crippen LogP contribution < -0.4 is 0 Å². The number of nitrogens with one attached hydrogen (secondary N) is 2. The van der Waals surface area contributed by atoms with Crippen LogP contribution in [-0.4, -0.2) is 44.6 Å². The largest absolute Gasteiger partial charge is 0.453 e. The molecule has 12 heteroatoms. The first kappa shape index (κ1) is 16.2. The first-order chi connectivity index (χ1) is 12.3. The highest BCUT2D eigenvalue weighted by Crippen LogP contribution is 2.32. The third-order valence-electron chi connectivity index (χ3n) is 3.66. The van der Waals surface area contributed by atoms with Crippen molar-refractivity contribution >= 4 is 5.78 Å². The summed E-state index contributed by atoms with van der Waals surface area (Å²) in [6, 6.07) is 1.59. The fourth-order valence-electron chi connectivity index (χ4n) is 2.48. The van der Waals surface area contributed by atoms with E-state index in [0.717, 1.165) is 0 Å². The zero-order valence-corrected chi connectivity index (χ0v) is 13.2. The molecule has 0 bridgehead atoms. The molecule has 4 aromatic heterocycles. The van der Waals surface area contributed by atoms with Crippen LogP contribution in [0.2, 0.25) is 0 Å². The Balaban J connectivity index is 1.96. The molecule has 0 aliphatic rings. The summed E-state index contributed by atoms with van der Waals surface area (Å²) in [6.45, 7) is 1.55. The van der Waals surface area contributed by atoms with Crippen LogP contribution in [0.5, 0.6) is 0 Å². The highest BCUT2D eigenvalue weighted by molar-refractivity contribution is 5.76. The lowest BCUT2D eigenvalue weighted by molar-refractivity contribution is -0.144. The summed E-state index contributed by atoms with van der Waals surface area (Å²) in [5.41, 5.74) is 1.40. The SMILES string of the molecule is CC(O)c1ccn2c(-c3cnc[nH]3)c(-c3nc(C(F)(F)F)n[nH]3)nc2n1. The van der Waals surface area contributed by atoms with E-state index in [-0.39, 0.29) is 17.3 Å². The molecular weight excluding hydrogens is 353 g/mol. The number of rotatable bonds is 3. The minimum absolute atomic E-state index is 0.118. The number of aliphatic hydroxyl groups excluding tert-OH is 1. The summed E-state index contributed by atoms with van der Waals surface area (Å²) < 4.78 is 40.0. The first-order valence-corrected chi connectivity index (χ1v) is 7.40. The molecule has 4 aromatic rings. The highest BCUT2D eigenvalue weighted by atomic mass is 19.4. The maximum Gasteiger partial charge on any atom is 0.453 e. The highest BCUT2D eigenvalue weighted by Gasteiger charge is 2.36. The number of hydrogen-bond donors (Lipinski definition) is 3. The number of aromatic nitrogens is 8. The molecule has 0 saturated carbocycles. The Labute approximate surface area is 143 Å². The van der Waals surface area contributed by atoms with Crippen LogP contribution in [-0.2, 0) is 6.18 Å². The van der Waals surface area contributed by atoms with Crippen LogP contribution in [0.3, 0.4) is 0 Å². The molecule has 1 atom stereocenters. The van der Waals surface area contributed by atoms with Crippen LogP contribution in [0.4, 0.5) is 13.2 Å². The first-order valence-electron chi connectivity index (χ1n) is 7.40. The molecule has 0 aliphatic heterocycles. The van der Waals surface area contributed by atoms with Gasteiger partial charge in [-0.25, -0.2) is 19.9 Å². The van der Waals surface area contributed by atoms with Gasteiger partial charge in [-0.2, -0.15) is 13.2 Å². The molecule has 9 nitrogen and oxygen atoms in total. The molecule has 0 radical (unpaired) electrons. The number of nitrogens with zero attached hydrogens (tertiary/aromatic N) is 6. The molecule has 1 unspecified atom stereocenters. The van der Waals surface area contributed by atoms with Crippen molar-refractivity contribution in [3.05, 3.63) is 36.3 Å². The third-order valence-corrected chi connectivity index (χ3v) is 3.66. The molecule has 0 aromatic carbocycles. The van der Waals surface area contributed by atoms with Gasteiger partial charge in [0.25, 0.3) is 5.82 Å². The van der Waals surface area contributed by atoms with E-state index in [1.807, 2.05) is 0 Å². The molecule has 0 amide bonds. The van der Waals surface area contributed by atoms with Crippen molar-refractivity contribution in [3.8, 4) is 22.9 Å². The van der Waals surface area contributed by atoms with Gasteiger partial charge >= 0.3 is 6.18 Å². The van der Waals surface area contributed by atoms with Gasteiger partial charge in [-0.15, -0.1) is 5.10 Å². The number of hydrogen-bond acceptors (Lipinski definition) is 6. The van der Waals surface area contributed by atoms with E-state index >= 15 is 0 Å². The van der Waals surface area contributed by atoms with E-state index in [1.54, 1.807) is 23.6 Å². The molecule has 134 valence electrons. The molecule has 3 N–H and O–H groups in total. The number of alkyl halides is 3. The smallest absolute Gasteiger partial charge is 0.387 e.